The average molecular weight is 270 g/mol. The number of carboxylic acids is 1. The maximum atomic E-state index is 12.4. The molecule has 2 atom stereocenters. The number of hydrogen-bond acceptors (Lipinski definition) is 3. The van der Waals surface area contributed by atoms with Crippen LogP contribution in [-0.4, -0.2) is 41.0 Å². The number of aliphatic carboxylic acids is 1. The third-order valence-electron chi connectivity index (χ3n) is 4.22. The Labute approximate surface area is 115 Å². The van der Waals surface area contributed by atoms with E-state index in [4.69, 9.17) is 5.73 Å². The summed E-state index contributed by atoms with van der Waals surface area (Å²) in [5.74, 6) is -0.942. The minimum absolute atomic E-state index is 0.133. The lowest BCUT2D eigenvalue weighted by molar-refractivity contribution is -0.156. The summed E-state index contributed by atoms with van der Waals surface area (Å²) in [5, 5.41) is 9.42. The summed E-state index contributed by atoms with van der Waals surface area (Å²) in [5.41, 5.74) is 4.88. The van der Waals surface area contributed by atoms with Gasteiger partial charge in [-0.1, -0.05) is 27.7 Å². The van der Waals surface area contributed by atoms with Crippen molar-refractivity contribution in [3.63, 3.8) is 0 Å². The molecule has 1 amide bonds. The molecular formula is C14H26N2O3. The molecule has 0 saturated carbocycles. The van der Waals surface area contributed by atoms with Crippen molar-refractivity contribution in [2.24, 2.45) is 16.6 Å². The average Bonchev–Trinajstić information content (AvgIpc) is 2.35. The third-order valence-corrected chi connectivity index (χ3v) is 4.22. The largest absolute Gasteiger partial charge is 0.481 e. The summed E-state index contributed by atoms with van der Waals surface area (Å²) in [4.78, 5) is 25.5. The molecule has 1 fully saturated rings. The van der Waals surface area contributed by atoms with Crippen LogP contribution in [0.1, 0.15) is 47.0 Å². The first kappa shape index (κ1) is 16.0. The minimum Gasteiger partial charge on any atom is -0.481 e. The molecule has 5 nitrogen and oxygen atoms in total. The number of carbonyl (C=O) groups is 2. The van der Waals surface area contributed by atoms with Crippen LogP contribution in [0.3, 0.4) is 0 Å². The van der Waals surface area contributed by atoms with Gasteiger partial charge in [-0.05, 0) is 24.7 Å². The number of carboxylic acid groups (broad SMARTS) is 1. The van der Waals surface area contributed by atoms with Crippen molar-refractivity contribution in [2.45, 2.75) is 53.0 Å². The van der Waals surface area contributed by atoms with Crippen LogP contribution in [0.5, 0.6) is 0 Å². The number of nitrogens with two attached hydrogens (primary N) is 1. The minimum atomic E-state index is -0.808. The normalized spacial score (nSPS) is 26.1. The first-order valence-electron chi connectivity index (χ1n) is 6.92. The molecule has 5 heteroatoms. The molecule has 1 aliphatic heterocycles. The maximum Gasteiger partial charge on any atom is 0.311 e. The Morgan fingerprint density at radius 2 is 2.00 bits per heavy atom. The van der Waals surface area contributed by atoms with Crippen LogP contribution in [0.15, 0.2) is 0 Å². The van der Waals surface area contributed by atoms with Gasteiger partial charge in [0.15, 0.2) is 0 Å². The van der Waals surface area contributed by atoms with Crippen LogP contribution in [0.2, 0.25) is 0 Å². The highest BCUT2D eigenvalue weighted by Crippen LogP contribution is 2.34. The van der Waals surface area contributed by atoms with Crippen molar-refractivity contribution in [1.82, 2.24) is 4.90 Å². The molecule has 0 bridgehead atoms. The van der Waals surface area contributed by atoms with Crippen LogP contribution in [0, 0.1) is 10.8 Å². The predicted molar refractivity (Wildman–Crippen MR) is 73.6 cm³/mol. The number of rotatable bonds is 3. The Morgan fingerprint density at radius 1 is 1.42 bits per heavy atom. The van der Waals surface area contributed by atoms with Gasteiger partial charge in [-0.25, -0.2) is 0 Å². The number of likely N-dealkylation sites (tertiary alicyclic amines) is 1. The molecule has 0 aromatic carbocycles. The Balaban J connectivity index is 2.86. The van der Waals surface area contributed by atoms with E-state index in [-0.39, 0.29) is 17.9 Å². The van der Waals surface area contributed by atoms with Crippen molar-refractivity contribution in [2.75, 3.05) is 13.1 Å². The smallest absolute Gasteiger partial charge is 0.311 e. The zero-order valence-electron chi connectivity index (χ0n) is 12.4. The highest BCUT2D eigenvalue weighted by atomic mass is 16.4. The lowest BCUT2D eigenvalue weighted by Gasteiger charge is -2.41. The Morgan fingerprint density at radius 3 is 2.42 bits per heavy atom. The fraction of sp³-hybridized carbons (Fsp3) is 0.857. The fourth-order valence-electron chi connectivity index (χ4n) is 2.50. The van der Waals surface area contributed by atoms with Crippen LogP contribution in [0.25, 0.3) is 0 Å². The number of hydrogen-bond donors (Lipinski definition) is 2. The van der Waals surface area contributed by atoms with E-state index in [0.717, 1.165) is 6.42 Å². The Kier molecular flexibility index (Phi) is 4.61. The molecule has 2 unspecified atom stereocenters. The molecular weight excluding hydrogens is 244 g/mol. The van der Waals surface area contributed by atoms with Gasteiger partial charge in [0.05, 0.1) is 11.5 Å². The summed E-state index contributed by atoms with van der Waals surface area (Å²) in [7, 11) is 0. The Hall–Kier alpha value is -1.10. The van der Waals surface area contributed by atoms with E-state index in [1.54, 1.807) is 4.90 Å². The van der Waals surface area contributed by atoms with Crippen LogP contribution in [0.4, 0.5) is 0 Å². The molecule has 0 spiro atoms. The molecule has 1 aliphatic rings. The highest BCUT2D eigenvalue weighted by molar-refractivity contribution is 5.84. The Bertz CT molecular complexity index is 362. The molecule has 1 rings (SSSR count). The first-order chi connectivity index (χ1) is 8.64. The van der Waals surface area contributed by atoms with Crippen LogP contribution >= 0.6 is 0 Å². The van der Waals surface area contributed by atoms with E-state index in [2.05, 4.69) is 0 Å². The molecule has 3 N–H and O–H groups in total. The molecule has 1 heterocycles. The van der Waals surface area contributed by atoms with Crippen molar-refractivity contribution >= 4 is 11.9 Å². The molecule has 1 saturated heterocycles. The van der Waals surface area contributed by atoms with Gasteiger partial charge in [-0.3, -0.25) is 9.59 Å². The molecule has 0 aromatic rings. The third kappa shape index (κ3) is 3.26. The lowest BCUT2D eigenvalue weighted by atomic mass is 9.77. The fourth-order valence-corrected chi connectivity index (χ4v) is 2.50. The van der Waals surface area contributed by atoms with E-state index in [1.165, 1.54) is 0 Å². The molecule has 0 aliphatic carbocycles. The summed E-state index contributed by atoms with van der Waals surface area (Å²) >= 11 is 0. The van der Waals surface area contributed by atoms with E-state index >= 15 is 0 Å². The summed E-state index contributed by atoms with van der Waals surface area (Å²) < 4.78 is 0. The van der Waals surface area contributed by atoms with Gasteiger partial charge in [0, 0.05) is 13.1 Å². The number of nitrogens with zero attached hydrogens (tertiary/aromatic N) is 1. The van der Waals surface area contributed by atoms with E-state index in [1.807, 2.05) is 27.7 Å². The van der Waals surface area contributed by atoms with E-state index < -0.39 is 17.4 Å². The summed E-state index contributed by atoms with van der Waals surface area (Å²) in [6.07, 6.45) is 1.90. The molecule has 0 radical (unpaired) electrons. The second-order valence-electron chi connectivity index (χ2n) is 6.65. The van der Waals surface area contributed by atoms with Gasteiger partial charge >= 0.3 is 5.97 Å². The zero-order valence-corrected chi connectivity index (χ0v) is 12.4. The number of piperidine rings is 1. The van der Waals surface area contributed by atoms with Crippen molar-refractivity contribution in [3.05, 3.63) is 0 Å². The second-order valence-corrected chi connectivity index (χ2v) is 6.65. The molecule has 0 aromatic heterocycles. The van der Waals surface area contributed by atoms with Crippen molar-refractivity contribution < 1.29 is 14.7 Å². The number of amides is 1. The van der Waals surface area contributed by atoms with Gasteiger partial charge in [-0.2, -0.15) is 0 Å². The maximum absolute atomic E-state index is 12.4. The van der Waals surface area contributed by atoms with Gasteiger partial charge in [0.1, 0.15) is 0 Å². The number of carbonyl (C=O) groups excluding carboxylic acids is 1. The monoisotopic (exact) mass is 270 g/mol. The first-order valence-corrected chi connectivity index (χ1v) is 6.92. The summed E-state index contributed by atoms with van der Waals surface area (Å²) in [6.45, 7) is 8.52. The molecule has 19 heavy (non-hydrogen) atoms. The van der Waals surface area contributed by atoms with Gasteiger partial charge < -0.3 is 15.7 Å². The van der Waals surface area contributed by atoms with Gasteiger partial charge in [0.25, 0.3) is 0 Å². The van der Waals surface area contributed by atoms with Crippen molar-refractivity contribution in [3.8, 4) is 0 Å². The van der Waals surface area contributed by atoms with Crippen LogP contribution < -0.4 is 5.73 Å². The molecule has 110 valence electrons. The standard InChI is InChI=1S/C14H26N2O3/c1-5-14(12(18)19)7-6-8-16(9-14)11(17)10(15)13(2,3)4/h10H,5-9,15H2,1-4H3,(H,18,19). The van der Waals surface area contributed by atoms with Crippen molar-refractivity contribution in [1.29, 1.82) is 0 Å². The van der Waals surface area contributed by atoms with E-state index in [9.17, 15) is 14.7 Å². The lowest BCUT2D eigenvalue weighted by Crippen LogP contribution is -2.56. The predicted octanol–water partition coefficient (Wildman–Crippen LogP) is 1.46. The topological polar surface area (TPSA) is 83.6 Å². The summed E-state index contributed by atoms with van der Waals surface area (Å²) in [6, 6.07) is -0.589. The highest BCUT2D eigenvalue weighted by Gasteiger charge is 2.43. The quantitative estimate of drug-likeness (QED) is 0.813. The van der Waals surface area contributed by atoms with Gasteiger partial charge in [-0.15, -0.1) is 0 Å². The van der Waals surface area contributed by atoms with Crippen LogP contribution in [-0.2, 0) is 9.59 Å². The zero-order chi connectivity index (χ0) is 14.8. The van der Waals surface area contributed by atoms with E-state index in [0.29, 0.717) is 19.4 Å². The SMILES string of the molecule is CCC1(C(=O)O)CCCN(C(=O)C(N)C(C)(C)C)C1. The second kappa shape index (κ2) is 5.49. The van der Waals surface area contributed by atoms with Gasteiger partial charge in [0.2, 0.25) is 5.91 Å².